The topological polar surface area (TPSA) is 49.2 Å². The first-order valence-corrected chi connectivity index (χ1v) is 11.6. The third-order valence-corrected chi connectivity index (χ3v) is 6.19. The summed E-state index contributed by atoms with van der Waals surface area (Å²) in [5.41, 5.74) is 2.34. The number of rotatable bonds is 9. The van der Waals surface area contributed by atoms with Gasteiger partial charge >= 0.3 is 0 Å². The van der Waals surface area contributed by atoms with E-state index >= 15 is 0 Å². The number of hydrogen-bond donors (Lipinski definition) is 0. The van der Waals surface area contributed by atoms with Crippen molar-refractivity contribution in [2.45, 2.75) is 26.6 Å². The van der Waals surface area contributed by atoms with Gasteiger partial charge in [-0.3, -0.25) is 9.69 Å². The molecule has 0 bridgehead atoms. The summed E-state index contributed by atoms with van der Waals surface area (Å²) in [7, 11) is 1.70. The minimum absolute atomic E-state index is 0.0173. The molecule has 6 heteroatoms. The number of nitrogens with zero attached hydrogens (tertiary/aromatic N) is 3. The Morgan fingerprint density at radius 1 is 0.909 bits per heavy atom. The molecular weight excluding hydrogens is 414 g/mol. The minimum atomic E-state index is -0.0173. The maximum absolute atomic E-state index is 12.9. The fourth-order valence-corrected chi connectivity index (χ4v) is 4.31. The van der Waals surface area contributed by atoms with Crippen LogP contribution in [-0.2, 0) is 19.6 Å². The van der Waals surface area contributed by atoms with E-state index in [1.807, 2.05) is 41.3 Å². The Morgan fingerprint density at radius 2 is 1.64 bits per heavy atom. The summed E-state index contributed by atoms with van der Waals surface area (Å²) in [4.78, 5) is 19.5. The molecule has 2 heterocycles. The van der Waals surface area contributed by atoms with E-state index in [2.05, 4.69) is 47.1 Å². The van der Waals surface area contributed by atoms with Crippen LogP contribution in [0.5, 0.6) is 5.75 Å². The predicted octanol–water partition coefficient (Wildman–Crippen LogP) is 4.27. The van der Waals surface area contributed by atoms with Gasteiger partial charge in [0.1, 0.15) is 11.5 Å². The van der Waals surface area contributed by atoms with Crippen LogP contribution in [0.3, 0.4) is 0 Å². The molecule has 6 nitrogen and oxygen atoms in total. The van der Waals surface area contributed by atoms with Crippen molar-refractivity contribution in [2.75, 3.05) is 39.8 Å². The van der Waals surface area contributed by atoms with Crippen LogP contribution in [0.15, 0.2) is 71.1 Å². The second kappa shape index (κ2) is 11.2. The molecule has 0 saturated carbocycles. The third-order valence-electron chi connectivity index (χ3n) is 6.19. The summed E-state index contributed by atoms with van der Waals surface area (Å²) in [5, 5.41) is 0. The third kappa shape index (κ3) is 6.03. The highest BCUT2D eigenvalue weighted by Crippen LogP contribution is 2.23. The number of hydrogen-bond acceptors (Lipinski definition) is 5. The van der Waals surface area contributed by atoms with Crippen LogP contribution in [0.2, 0.25) is 0 Å². The SMILES string of the molecule is CCN1CCN(C(=O)c2ccc(CN(Cc3ccccc3)Cc3ccccc3OC)o2)CC1. The molecule has 0 radical (unpaired) electrons. The number of benzene rings is 2. The first-order chi connectivity index (χ1) is 16.2. The number of ether oxygens (including phenoxy) is 1. The van der Waals surface area contributed by atoms with Crippen molar-refractivity contribution in [1.29, 1.82) is 0 Å². The van der Waals surface area contributed by atoms with Gasteiger partial charge < -0.3 is 19.0 Å². The van der Waals surface area contributed by atoms with E-state index in [-0.39, 0.29) is 5.91 Å². The zero-order valence-electron chi connectivity index (χ0n) is 19.6. The monoisotopic (exact) mass is 447 g/mol. The number of carbonyl (C=O) groups excluding carboxylic acids is 1. The quantitative estimate of drug-likeness (QED) is 0.490. The summed E-state index contributed by atoms with van der Waals surface area (Å²) in [6.07, 6.45) is 0. The summed E-state index contributed by atoms with van der Waals surface area (Å²) in [6, 6.07) is 22.2. The van der Waals surface area contributed by atoms with Crippen molar-refractivity contribution in [2.24, 2.45) is 0 Å². The lowest BCUT2D eigenvalue weighted by Gasteiger charge is -2.33. The number of likely N-dealkylation sites (N-methyl/N-ethyl adjacent to an activating group) is 1. The Hall–Kier alpha value is -3.09. The molecule has 174 valence electrons. The molecule has 0 unspecified atom stereocenters. The van der Waals surface area contributed by atoms with Crippen molar-refractivity contribution in [3.8, 4) is 5.75 Å². The van der Waals surface area contributed by atoms with Gasteiger partial charge in [-0.1, -0.05) is 55.5 Å². The maximum Gasteiger partial charge on any atom is 0.289 e. The highest BCUT2D eigenvalue weighted by atomic mass is 16.5. The van der Waals surface area contributed by atoms with Gasteiger partial charge in [0.15, 0.2) is 5.76 Å². The fourth-order valence-electron chi connectivity index (χ4n) is 4.31. The molecule has 0 N–H and O–H groups in total. The van der Waals surface area contributed by atoms with Crippen molar-refractivity contribution in [3.05, 3.63) is 89.4 Å². The van der Waals surface area contributed by atoms with Crippen LogP contribution >= 0.6 is 0 Å². The van der Waals surface area contributed by atoms with Gasteiger partial charge in [-0.2, -0.15) is 0 Å². The smallest absolute Gasteiger partial charge is 0.289 e. The fraction of sp³-hybridized carbons (Fsp3) is 0.370. The zero-order valence-corrected chi connectivity index (χ0v) is 19.6. The summed E-state index contributed by atoms with van der Waals surface area (Å²) in [5.74, 6) is 2.07. The molecule has 0 atom stereocenters. The molecule has 0 spiro atoms. The second-order valence-corrected chi connectivity index (χ2v) is 8.44. The van der Waals surface area contributed by atoms with E-state index in [9.17, 15) is 4.79 Å². The summed E-state index contributed by atoms with van der Waals surface area (Å²) in [6.45, 7) is 8.58. The van der Waals surface area contributed by atoms with Crippen LogP contribution in [0.25, 0.3) is 0 Å². The van der Waals surface area contributed by atoms with Crippen molar-refractivity contribution in [3.63, 3.8) is 0 Å². The maximum atomic E-state index is 12.9. The molecule has 2 aromatic carbocycles. The number of methoxy groups -OCH3 is 1. The first-order valence-electron chi connectivity index (χ1n) is 11.6. The number of furan rings is 1. The highest BCUT2D eigenvalue weighted by Gasteiger charge is 2.24. The molecule has 33 heavy (non-hydrogen) atoms. The molecule has 1 aliphatic heterocycles. The van der Waals surface area contributed by atoms with Gasteiger partial charge in [-0.05, 0) is 30.3 Å². The van der Waals surface area contributed by atoms with Gasteiger partial charge in [0, 0.05) is 44.8 Å². The highest BCUT2D eigenvalue weighted by molar-refractivity contribution is 5.91. The Balaban J connectivity index is 1.47. The molecule has 4 rings (SSSR count). The van der Waals surface area contributed by atoms with E-state index in [0.29, 0.717) is 18.8 Å². The van der Waals surface area contributed by atoms with Gasteiger partial charge in [0.25, 0.3) is 5.91 Å². The lowest BCUT2D eigenvalue weighted by molar-refractivity contribution is 0.0608. The van der Waals surface area contributed by atoms with Crippen LogP contribution in [-0.4, -0.2) is 60.4 Å². The Kier molecular flexibility index (Phi) is 7.81. The van der Waals surface area contributed by atoms with Crippen molar-refractivity contribution < 1.29 is 13.9 Å². The molecule has 1 saturated heterocycles. The van der Waals surface area contributed by atoms with Gasteiger partial charge in [-0.15, -0.1) is 0 Å². The van der Waals surface area contributed by atoms with E-state index < -0.39 is 0 Å². The number of carbonyl (C=O) groups is 1. The minimum Gasteiger partial charge on any atom is -0.496 e. The second-order valence-electron chi connectivity index (χ2n) is 8.44. The molecule has 1 aliphatic rings. The summed E-state index contributed by atoms with van der Waals surface area (Å²) >= 11 is 0. The normalized spacial score (nSPS) is 14.6. The standard InChI is InChI=1S/C27H33N3O3/c1-3-28-15-17-30(18-16-28)27(31)26-14-13-24(33-26)21-29(19-22-9-5-4-6-10-22)20-23-11-7-8-12-25(23)32-2/h4-14H,3,15-21H2,1-2H3. The van der Waals surface area contributed by atoms with E-state index in [4.69, 9.17) is 9.15 Å². The average molecular weight is 448 g/mol. The lowest BCUT2D eigenvalue weighted by Crippen LogP contribution is -2.48. The van der Waals surface area contributed by atoms with Crippen molar-refractivity contribution >= 4 is 5.91 Å². The largest absolute Gasteiger partial charge is 0.496 e. The van der Waals surface area contributed by atoms with E-state index in [0.717, 1.165) is 56.3 Å². The van der Waals surface area contributed by atoms with E-state index in [1.165, 1.54) is 5.56 Å². The number of para-hydroxylation sites is 1. The Bertz CT molecular complexity index is 1030. The molecule has 1 fully saturated rings. The van der Waals surface area contributed by atoms with E-state index in [1.54, 1.807) is 7.11 Å². The Morgan fingerprint density at radius 3 is 2.36 bits per heavy atom. The zero-order chi connectivity index (χ0) is 23.0. The van der Waals surface area contributed by atoms with Crippen LogP contribution < -0.4 is 4.74 Å². The lowest BCUT2D eigenvalue weighted by atomic mass is 10.1. The van der Waals surface area contributed by atoms with Crippen LogP contribution in [0, 0.1) is 0 Å². The van der Waals surface area contributed by atoms with Gasteiger partial charge in [-0.25, -0.2) is 0 Å². The van der Waals surface area contributed by atoms with Crippen molar-refractivity contribution in [1.82, 2.24) is 14.7 Å². The number of amides is 1. The molecule has 1 aromatic heterocycles. The van der Waals surface area contributed by atoms with Gasteiger partial charge in [0.05, 0.1) is 13.7 Å². The predicted molar refractivity (Wildman–Crippen MR) is 129 cm³/mol. The molecule has 3 aromatic rings. The summed E-state index contributed by atoms with van der Waals surface area (Å²) < 4.78 is 11.6. The molecule has 0 aliphatic carbocycles. The molecule has 1 amide bonds. The number of piperazine rings is 1. The molecular formula is C27H33N3O3. The first kappa shape index (κ1) is 23.1. The Labute approximate surface area is 196 Å². The average Bonchev–Trinajstić information content (AvgIpc) is 3.33. The van der Waals surface area contributed by atoms with Gasteiger partial charge in [0.2, 0.25) is 0 Å². The van der Waals surface area contributed by atoms with Crippen LogP contribution in [0.1, 0.15) is 34.4 Å². The van der Waals surface area contributed by atoms with Crippen LogP contribution in [0.4, 0.5) is 0 Å².